The van der Waals surface area contributed by atoms with Gasteiger partial charge in [-0.1, -0.05) is 36.6 Å². The van der Waals surface area contributed by atoms with Crippen molar-refractivity contribution < 1.29 is 14.7 Å². The third kappa shape index (κ3) is 9.81. The number of nitrogens with zero attached hydrogens (tertiary/aromatic N) is 7. The predicted octanol–water partition coefficient (Wildman–Crippen LogP) is 1.97. The minimum atomic E-state index is -1.09. The number of nitrogens with one attached hydrogen (secondary N) is 3. The lowest BCUT2D eigenvalue weighted by atomic mass is 9.95. The van der Waals surface area contributed by atoms with E-state index >= 15 is 0 Å². The van der Waals surface area contributed by atoms with E-state index in [-0.39, 0.29) is 18.7 Å². The number of aromatic nitrogens is 5. The maximum atomic E-state index is 12.6. The van der Waals surface area contributed by atoms with Crippen molar-refractivity contribution in [2.24, 2.45) is 5.73 Å². The first-order valence-electron chi connectivity index (χ1n) is 16.8. The molecule has 2 aliphatic rings. The highest BCUT2D eigenvalue weighted by Gasteiger charge is 2.25. The Morgan fingerprint density at radius 2 is 1.78 bits per heavy atom. The number of para-hydroxylation sites is 1. The zero-order chi connectivity index (χ0) is 32.1. The molecule has 0 unspecified atom stereocenters. The average molecular weight is 636 g/mol. The van der Waals surface area contributed by atoms with Gasteiger partial charge in [-0.25, -0.2) is 4.98 Å². The van der Waals surface area contributed by atoms with Crippen LogP contribution in [0.25, 0.3) is 10.9 Å². The van der Waals surface area contributed by atoms with Crippen molar-refractivity contribution in [1.82, 2.24) is 40.5 Å². The van der Waals surface area contributed by atoms with Crippen LogP contribution in [-0.4, -0.2) is 105 Å². The second-order valence-corrected chi connectivity index (χ2v) is 12.3. The Bertz CT molecular complexity index is 1400. The summed E-state index contributed by atoms with van der Waals surface area (Å²) in [4.78, 5) is 37.1. The Balaban J connectivity index is 1.05. The van der Waals surface area contributed by atoms with Crippen LogP contribution >= 0.6 is 0 Å². The van der Waals surface area contributed by atoms with Crippen LogP contribution < -0.4 is 26.6 Å². The minimum Gasteiger partial charge on any atom is -0.480 e. The zero-order valence-corrected chi connectivity index (χ0v) is 26.7. The normalized spacial score (nSPS) is 16.5. The number of benzene rings is 1. The largest absolute Gasteiger partial charge is 0.480 e. The molecule has 2 fully saturated rings. The van der Waals surface area contributed by atoms with E-state index in [2.05, 4.69) is 31.2 Å². The average Bonchev–Trinajstić information content (AvgIpc) is 3.55. The number of aryl methyl sites for hydroxylation is 1. The van der Waals surface area contributed by atoms with Gasteiger partial charge in [-0.2, -0.15) is 4.98 Å². The molecule has 1 atom stereocenters. The molecule has 1 aromatic carbocycles. The summed E-state index contributed by atoms with van der Waals surface area (Å²) in [7, 11) is 0. The standard InChI is InChI=1S/C32H49N11O3/c33-27(31(45)46)12-13-29(44)41-18-20-42(21-19-41)30-26-10-4-5-11-28(26)37-32(38-30)36-22-25-23-43(40-39-25)17-7-15-34-14-6-16-35-24-8-2-1-3-9-24/h4-5,10-11,23-24,27,34-35H,1-3,6-9,12-22,33H2,(H,45,46)(H,36,37,38)/t27-/m0/s1. The second kappa shape index (κ2) is 17.2. The van der Waals surface area contributed by atoms with E-state index in [0.29, 0.717) is 38.7 Å². The number of nitrogens with two attached hydrogens (primary N) is 1. The number of amides is 1. The molecule has 46 heavy (non-hydrogen) atoms. The third-order valence-corrected chi connectivity index (χ3v) is 8.82. The van der Waals surface area contributed by atoms with Crippen LogP contribution in [0.3, 0.4) is 0 Å². The van der Waals surface area contributed by atoms with Gasteiger partial charge in [0.05, 0.1) is 18.3 Å². The fourth-order valence-corrected chi connectivity index (χ4v) is 6.12. The van der Waals surface area contributed by atoms with E-state index in [4.69, 9.17) is 20.8 Å². The van der Waals surface area contributed by atoms with E-state index in [0.717, 1.165) is 67.5 Å². The number of carbonyl (C=O) groups excluding carboxylic acids is 1. The molecule has 0 radical (unpaired) electrons. The molecule has 0 spiro atoms. The van der Waals surface area contributed by atoms with Crippen LogP contribution in [0.5, 0.6) is 0 Å². The smallest absolute Gasteiger partial charge is 0.320 e. The first-order chi connectivity index (χ1) is 22.5. The summed E-state index contributed by atoms with van der Waals surface area (Å²) in [5, 5.41) is 29.1. The number of hydrogen-bond donors (Lipinski definition) is 5. The van der Waals surface area contributed by atoms with Gasteiger partial charge in [0.1, 0.15) is 17.6 Å². The number of fused-ring (bicyclic) bond motifs is 1. The highest BCUT2D eigenvalue weighted by atomic mass is 16.4. The molecule has 1 amide bonds. The summed E-state index contributed by atoms with van der Waals surface area (Å²) < 4.78 is 1.88. The van der Waals surface area contributed by atoms with Crippen LogP contribution in [0, 0.1) is 0 Å². The zero-order valence-electron chi connectivity index (χ0n) is 26.7. The lowest BCUT2D eigenvalue weighted by Crippen LogP contribution is -2.49. The van der Waals surface area contributed by atoms with Crippen molar-refractivity contribution in [2.75, 3.05) is 56.0 Å². The molecule has 6 N–H and O–H groups in total. The molecular formula is C32H49N11O3. The number of anilines is 2. The van der Waals surface area contributed by atoms with Crippen molar-refractivity contribution in [3.8, 4) is 0 Å². The number of piperazine rings is 1. The summed E-state index contributed by atoms with van der Waals surface area (Å²) in [6, 6.07) is 7.60. The molecule has 0 bridgehead atoms. The number of rotatable bonds is 17. The lowest BCUT2D eigenvalue weighted by Gasteiger charge is -2.36. The van der Waals surface area contributed by atoms with Gasteiger partial charge in [0.25, 0.3) is 0 Å². The Morgan fingerprint density at radius 1 is 1.00 bits per heavy atom. The van der Waals surface area contributed by atoms with Gasteiger partial charge in [-0.15, -0.1) is 5.10 Å². The topological polar surface area (TPSA) is 179 Å². The first-order valence-corrected chi connectivity index (χ1v) is 16.8. The summed E-state index contributed by atoms with van der Waals surface area (Å²) in [5.74, 6) is 0.155. The van der Waals surface area contributed by atoms with Crippen LogP contribution in [0.4, 0.5) is 11.8 Å². The number of hydrogen-bond acceptors (Lipinski definition) is 11. The Morgan fingerprint density at radius 3 is 2.59 bits per heavy atom. The molecule has 1 saturated heterocycles. The molecule has 1 saturated carbocycles. The third-order valence-electron chi connectivity index (χ3n) is 8.82. The summed E-state index contributed by atoms with van der Waals surface area (Å²) in [5.41, 5.74) is 7.22. The van der Waals surface area contributed by atoms with E-state index in [9.17, 15) is 9.59 Å². The number of carboxylic acid groups (broad SMARTS) is 1. The van der Waals surface area contributed by atoms with Gasteiger partial charge in [0.2, 0.25) is 11.9 Å². The predicted molar refractivity (Wildman–Crippen MR) is 178 cm³/mol. The van der Waals surface area contributed by atoms with Gasteiger partial charge in [-0.3, -0.25) is 14.3 Å². The van der Waals surface area contributed by atoms with Gasteiger partial charge in [-0.05, 0) is 63.9 Å². The molecule has 2 aromatic heterocycles. The molecule has 250 valence electrons. The molecule has 3 aromatic rings. The number of carboxylic acids is 1. The second-order valence-electron chi connectivity index (χ2n) is 12.3. The van der Waals surface area contributed by atoms with Crippen LogP contribution in [0.2, 0.25) is 0 Å². The van der Waals surface area contributed by atoms with Crippen LogP contribution in [-0.2, 0) is 22.7 Å². The van der Waals surface area contributed by atoms with Gasteiger partial charge >= 0.3 is 5.97 Å². The monoisotopic (exact) mass is 635 g/mol. The first kappa shape index (κ1) is 33.5. The minimum absolute atomic E-state index is 0.0758. The van der Waals surface area contributed by atoms with Gasteiger partial charge < -0.3 is 36.6 Å². The maximum Gasteiger partial charge on any atom is 0.320 e. The van der Waals surface area contributed by atoms with Crippen molar-refractivity contribution >= 4 is 34.5 Å². The van der Waals surface area contributed by atoms with E-state index in [1.165, 1.54) is 32.1 Å². The van der Waals surface area contributed by atoms with Crippen molar-refractivity contribution in [3.05, 3.63) is 36.2 Å². The maximum absolute atomic E-state index is 12.6. The Labute approximate surface area is 270 Å². The summed E-state index contributed by atoms with van der Waals surface area (Å²) in [6.07, 6.45) is 11.1. The van der Waals surface area contributed by atoms with Crippen molar-refractivity contribution in [3.63, 3.8) is 0 Å². The highest BCUT2D eigenvalue weighted by molar-refractivity contribution is 5.90. The molecule has 3 heterocycles. The van der Waals surface area contributed by atoms with Crippen molar-refractivity contribution in [1.29, 1.82) is 0 Å². The fourth-order valence-electron chi connectivity index (χ4n) is 6.12. The molecule has 1 aliphatic carbocycles. The molecule has 14 heteroatoms. The lowest BCUT2D eigenvalue weighted by molar-refractivity contribution is -0.139. The van der Waals surface area contributed by atoms with Crippen LogP contribution in [0.1, 0.15) is 63.5 Å². The molecule has 14 nitrogen and oxygen atoms in total. The highest BCUT2D eigenvalue weighted by Crippen LogP contribution is 2.26. The van der Waals surface area contributed by atoms with Gasteiger partial charge in [0, 0.05) is 50.6 Å². The summed E-state index contributed by atoms with van der Waals surface area (Å²) in [6.45, 7) is 6.59. The molecular weight excluding hydrogens is 586 g/mol. The van der Waals surface area contributed by atoms with Crippen molar-refractivity contribution in [2.45, 2.75) is 83.0 Å². The summed E-state index contributed by atoms with van der Waals surface area (Å²) >= 11 is 0. The molecule has 1 aliphatic heterocycles. The fraction of sp³-hybridized carbons (Fsp3) is 0.625. The van der Waals surface area contributed by atoms with Gasteiger partial charge in [0.15, 0.2) is 0 Å². The quantitative estimate of drug-likeness (QED) is 0.136. The Kier molecular flexibility index (Phi) is 12.5. The Hall–Kier alpha value is -3.88. The number of carbonyl (C=O) groups is 2. The molecule has 5 rings (SSSR count). The van der Waals surface area contributed by atoms with Crippen LogP contribution in [0.15, 0.2) is 30.5 Å². The SMILES string of the molecule is N[C@@H](CCC(=O)N1CCN(c2nc(NCc3cn(CCCNCCCNC4CCCCC4)nn3)nc3ccccc23)CC1)C(=O)O. The van der Waals surface area contributed by atoms with E-state index < -0.39 is 12.0 Å². The number of aliphatic carboxylic acids is 1. The van der Waals surface area contributed by atoms with E-state index in [1.54, 1.807) is 4.90 Å². The van der Waals surface area contributed by atoms with E-state index in [1.807, 2.05) is 35.1 Å².